The van der Waals surface area contributed by atoms with Crippen LogP contribution in [-0.2, 0) is 14.5 Å². The summed E-state index contributed by atoms with van der Waals surface area (Å²) in [5, 5.41) is 1.78. The predicted octanol–water partition coefficient (Wildman–Crippen LogP) is 4.17. The molecule has 1 heterocycles. The minimum Gasteiger partial charge on any atom is -0.331 e. The molecule has 2 aromatic carbocycles. The molecule has 6 heteroatoms. The molecule has 3 rings (SSSR count). The molecule has 0 aliphatic carbocycles. The Morgan fingerprint density at radius 2 is 1.96 bits per heavy atom. The zero-order valence-corrected chi connectivity index (χ0v) is 14.9. The fourth-order valence-electron chi connectivity index (χ4n) is 2.56. The molecule has 124 valence electrons. The topological polar surface area (TPSA) is 46.6 Å². The number of amides is 1. The molecule has 1 unspecified atom stereocenters. The van der Waals surface area contributed by atoms with E-state index in [1.165, 1.54) is 16.8 Å². The number of aryl methyl sites for hydroxylation is 1. The molecule has 2 aromatic rings. The van der Waals surface area contributed by atoms with E-state index in [4.69, 9.17) is 16.4 Å². The highest BCUT2D eigenvalue weighted by Crippen LogP contribution is 2.45. The molecule has 0 radical (unpaired) electrons. The average Bonchev–Trinajstić information content (AvgIpc) is 2.85. The van der Waals surface area contributed by atoms with E-state index in [1.54, 1.807) is 30.3 Å². The summed E-state index contributed by atoms with van der Waals surface area (Å²) >= 11 is 7.35. The third-order valence-electron chi connectivity index (χ3n) is 3.90. The van der Waals surface area contributed by atoms with Crippen LogP contribution in [0.3, 0.4) is 0 Å². The number of halogens is 1. The Hall–Kier alpha value is -1.98. The Morgan fingerprint density at radius 1 is 1.25 bits per heavy atom. The van der Waals surface area contributed by atoms with Crippen molar-refractivity contribution in [2.24, 2.45) is 0 Å². The van der Waals surface area contributed by atoms with Crippen molar-refractivity contribution in [2.45, 2.75) is 18.7 Å². The molecule has 0 spiro atoms. The SMILES string of the molecule is Cc1cccc(C(=O)ON2C(=O)CSC2(C)c2ccc(Cl)cc2)c1. The van der Waals surface area contributed by atoms with E-state index >= 15 is 0 Å². The lowest BCUT2D eigenvalue weighted by Gasteiger charge is -2.32. The molecule has 0 N–H and O–H groups in total. The number of thioether (sulfide) groups is 1. The third-order valence-corrected chi connectivity index (χ3v) is 5.51. The Morgan fingerprint density at radius 3 is 2.62 bits per heavy atom. The maximum Gasteiger partial charge on any atom is 0.363 e. The lowest BCUT2D eigenvalue weighted by atomic mass is 10.1. The first-order valence-electron chi connectivity index (χ1n) is 7.42. The van der Waals surface area contributed by atoms with Crippen LogP contribution in [-0.4, -0.2) is 22.7 Å². The highest BCUT2D eigenvalue weighted by molar-refractivity contribution is 8.01. The summed E-state index contributed by atoms with van der Waals surface area (Å²) in [7, 11) is 0. The van der Waals surface area contributed by atoms with Gasteiger partial charge in [0.25, 0.3) is 5.91 Å². The molecule has 1 atom stereocenters. The molecule has 1 aliphatic heterocycles. The predicted molar refractivity (Wildman–Crippen MR) is 94.7 cm³/mol. The van der Waals surface area contributed by atoms with Crippen LogP contribution in [0.1, 0.15) is 28.4 Å². The molecule has 4 nitrogen and oxygen atoms in total. The Kier molecular flexibility index (Phi) is 4.56. The zero-order valence-electron chi connectivity index (χ0n) is 13.3. The molecule has 0 bridgehead atoms. The Balaban J connectivity index is 1.88. The number of benzene rings is 2. The average molecular weight is 362 g/mol. The molecule has 1 fully saturated rings. The van der Waals surface area contributed by atoms with Crippen LogP contribution in [0.2, 0.25) is 5.02 Å². The third kappa shape index (κ3) is 3.14. The summed E-state index contributed by atoms with van der Waals surface area (Å²) in [6.45, 7) is 3.75. The van der Waals surface area contributed by atoms with Gasteiger partial charge < -0.3 is 4.84 Å². The Bertz CT molecular complexity index is 793. The number of carbonyl (C=O) groups excluding carboxylic acids is 2. The van der Waals surface area contributed by atoms with Crippen LogP contribution < -0.4 is 0 Å². The van der Waals surface area contributed by atoms with Crippen LogP contribution in [0.15, 0.2) is 48.5 Å². The van der Waals surface area contributed by atoms with E-state index in [-0.39, 0.29) is 11.7 Å². The van der Waals surface area contributed by atoms with Crippen LogP contribution in [0.4, 0.5) is 0 Å². The van der Waals surface area contributed by atoms with E-state index in [0.717, 1.165) is 11.1 Å². The van der Waals surface area contributed by atoms with Gasteiger partial charge in [0.2, 0.25) is 0 Å². The van der Waals surface area contributed by atoms with E-state index in [2.05, 4.69) is 0 Å². The largest absolute Gasteiger partial charge is 0.363 e. The van der Waals surface area contributed by atoms with Crippen molar-refractivity contribution in [2.75, 3.05) is 5.75 Å². The fraction of sp³-hybridized carbons (Fsp3) is 0.222. The molecule has 1 saturated heterocycles. The molecule has 0 aromatic heterocycles. The van der Waals surface area contributed by atoms with Gasteiger partial charge in [-0.25, -0.2) is 4.79 Å². The van der Waals surface area contributed by atoms with Crippen molar-refractivity contribution in [3.05, 3.63) is 70.2 Å². The number of hydroxylamine groups is 2. The summed E-state index contributed by atoms with van der Waals surface area (Å²) in [6.07, 6.45) is 0. The fourth-order valence-corrected chi connectivity index (χ4v) is 3.77. The molecular weight excluding hydrogens is 346 g/mol. The number of rotatable bonds is 3. The minimum absolute atomic E-state index is 0.238. The van der Waals surface area contributed by atoms with Gasteiger partial charge in [-0.1, -0.05) is 41.4 Å². The van der Waals surface area contributed by atoms with Crippen molar-refractivity contribution in [1.82, 2.24) is 5.06 Å². The Labute approximate surface area is 149 Å². The molecule has 1 amide bonds. The molecule has 1 aliphatic rings. The quantitative estimate of drug-likeness (QED) is 0.823. The number of hydrogen-bond donors (Lipinski definition) is 0. The highest BCUT2D eigenvalue weighted by atomic mass is 35.5. The second-order valence-electron chi connectivity index (χ2n) is 5.71. The highest BCUT2D eigenvalue weighted by Gasteiger charge is 2.47. The van der Waals surface area contributed by atoms with Gasteiger partial charge in [-0.15, -0.1) is 16.8 Å². The first-order chi connectivity index (χ1) is 11.4. The van der Waals surface area contributed by atoms with Gasteiger partial charge in [-0.2, -0.15) is 0 Å². The molecule has 24 heavy (non-hydrogen) atoms. The second kappa shape index (κ2) is 6.49. The maximum absolute atomic E-state index is 12.4. The van der Waals surface area contributed by atoms with Gasteiger partial charge >= 0.3 is 5.97 Å². The molecule has 0 saturated carbocycles. The van der Waals surface area contributed by atoms with Gasteiger partial charge in [-0.3, -0.25) is 4.79 Å². The first-order valence-corrected chi connectivity index (χ1v) is 8.78. The van der Waals surface area contributed by atoms with Gasteiger partial charge in [0.1, 0.15) is 4.87 Å². The van der Waals surface area contributed by atoms with E-state index in [9.17, 15) is 9.59 Å². The van der Waals surface area contributed by atoms with Crippen molar-refractivity contribution in [1.29, 1.82) is 0 Å². The number of hydrogen-bond acceptors (Lipinski definition) is 4. The van der Waals surface area contributed by atoms with E-state index in [1.807, 2.05) is 32.0 Å². The van der Waals surface area contributed by atoms with Gasteiger partial charge in [-0.05, 0) is 43.7 Å². The van der Waals surface area contributed by atoms with Crippen LogP contribution in [0.25, 0.3) is 0 Å². The standard InChI is InChI=1S/C18H16ClNO3S/c1-12-4-3-5-13(10-12)17(22)23-20-16(21)11-24-18(20,2)14-6-8-15(19)9-7-14/h3-10H,11H2,1-2H3. The van der Waals surface area contributed by atoms with Crippen LogP contribution in [0, 0.1) is 6.92 Å². The monoisotopic (exact) mass is 361 g/mol. The summed E-state index contributed by atoms with van der Waals surface area (Å²) < 4.78 is 0. The lowest BCUT2D eigenvalue weighted by molar-refractivity contribution is -0.175. The summed E-state index contributed by atoms with van der Waals surface area (Å²) in [6, 6.07) is 14.3. The minimum atomic E-state index is -0.777. The first kappa shape index (κ1) is 16.9. The summed E-state index contributed by atoms with van der Waals surface area (Å²) in [5.41, 5.74) is 2.21. The van der Waals surface area contributed by atoms with E-state index < -0.39 is 10.8 Å². The lowest BCUT2D eigenvalue weighted by Crippen LogP contribution is -2.41. The summed E-state index contributed by atoms with van der Waals surface area (Å²) in [5.74, 6) is -0.534. The molecular formula is C18H16ClNO3S. The van der Waals surface area contributed by atoms with Crippen molar-refractivity contribution in [3.8, 4) is 0 Å². The summed E-state index contributed by atoms with van der Waals surface area (Å²) in [4.78, 5) is 29.4. The number of nitrogens with zero attached hydrogens (tertiary/aromatic N) is 1. The van der Waals surface area contributed by atoms with Crippen molar-refractivity contribution in [3.63, 3.8) is 0 Å². The van der Waals surface area contributed by atoms with Crippen LogP contribution in [0.5, 0.6) is 0 Å². The number of carbonyl (C=O) groups is 2. The zero-order chi connectivity index (χ0) is 17.3. The second-order valence-corrected chi connectivity index (χ2v) is 7.52. The smallest absolute Gasteiger partial charge is 0.331 e. The van der Waals surface area contributed by atoms with Crippen molar-refractivity contribution < 1.29 is 14.4 Å². The van der Waals surface area contributed by atoms with Gasteiger partial charge in [0.05, 0.1) is 11.3 Å². The normalized spacial score (nSPS) is 20.3. The van der Waals surface area contributed by atoms with Gasteiger partial charge in [0.15, 0.2) is 0 Å². The maximum atomic E-state index is 12.4. The van der Waals surface area contributed by atoms with Crippen molar-refractivity contribution >= 4 is 35.2 Å². The van der Waals surface area contributed by atoms with Gasteiger partial charge in [0, 0.05) is 5.02 Å². The van der Waals surface area contributed by atoms with E-state index in [0.29, 0.717) is 10.6 Å². The van der Waals surface area contributed by atoms with Crippen LogP contribution >= 0.6 is 23.4 Å².